The van der Waals surface area contributed by atoms with Crippen LogP contribution in [0, 0.1) is 0 Å². The van der Waals surface area contributed by atoms with Crippen LogP contribution in [0.15, 0.2) is 48.8 Å². The highest BCUT2D eigenvalue weighted by Crippen LogP contribution is 2.18. The maximum Gasteiger partial charge on any atom is 0.253 e. The summed E-state index contributed by atoms with van der Waals surface area (Å²) < 4.78 is 11.0. The Bertz CT molecular complexity index is 867. The van der Waals surface area contributed by atoms with E-state index < -0.39 is 0 Å². The first-order valence-corrected chi connectivity index (χ1v) is 8.33. The average molecular weight is 337 g/mol. The van der Waals surface area contributed by atoms with Crippen LogP contribution in [0.4, 0.5) is 0 Å². The van der Waals surface area contributed by atoms with Crippen LogP contribution in [0.5, 0.6) is 5.88 Å². The van der Waals surface area contributed by atoms with E-state index in [0.29, 0.717) is 24.6 Å². The van der Waals surface area contributed by atoms with Crippen LogP contribution in [0.3, 0.4) is 0 Å². The van der Waals surface area contributed by atoms with E-state index in [2.05, 4.69) is 15.3 Å². The van der Waals surface area contributed by atoms with Gasteiger partial charge < -0.3 is 19.8 Å². The SMILES string of the molecule is O=C(NCc1c[nH]c2ccccc12)c1ccc(OC2CCOC2)nc1. The van der Waals surface area contributed by atoms with Crippen LogP contribution in [0.25, 0.3) is 10.9 Å². The summed E-state index contributed by atoms with van der Waals surface area (Å²) >= 11 is 0. The second-order valence-electron chi connectivity index (χ2n) is 6.03. The number of aromatic nitrogens is 2. The second-order valence-corrected chi connectivity index (χ2v) is 6.03. The van der Waals surface area contributed by atoms with Crippen molar-refractivity contribution < 1.29 is 14.3 Å². The van der Waals surface area contributed by atoms with Crippen molar-refractivity contribution in [2.75, 3.05) is 13.2 Å². The number of rotatable bonds is 5. The van der Waals surface area contributed by atoms with Crippen molar-refractivity contribution in [3.8, 4) is 5.88 Å². The maximum absolute atomic E-state index is 12.3. The largest absolute Gasteiger partial charge is 0.472 e. The van der Waals surface area contributed by atoms with Crippen molar-refractivity contribution >= 4 is 16.8 Å². The molecule has 3 aromatic rings. The van der Waals surface area contributed by atoms with Crippen LogP contribution in [0.1, 0.15) is 22.3 Å². The van der Waals surface area contributed by atoms with Gasteiger partial charge in [0.1, 0.15) is 6.10 Å². The summed E-state index contributed by atoms with van der Waals surface area (Å²) in [5.41, 5.74) is 2.62. The molecule has 3 heterocycles. The lowest BCUT2D eigenvalue weighted by molar-refractivity contribution is 0.0950. The minimum Gasteiger partial charge on any atom is -0.472 e. The molecule has 128 valence electrons. The number of para-hydroxylation sites is 1. The van der Waals surface area contributed by atoms with E-state index >= 15 is 0 Å². The van der Waals surface area contributed by atoms with Gasteiger partial charge in [0.2, 0.25) is 5.88 Å². The number of hydrogen-bond donors (Lipinski definition) is 2. The van der Waals surface area contributed by atoms with Gasteiger partial charge in [0.25, 0.3) is 5.91 Å². The van der Waals surface area contributed by atoms with Crippen LogP contribution in [-0.2, 0) is 11.3 Å². The fourth-order valence-corrected chi connectivity index (χ4v) is 2.92. The van der Waals surface area contributed by atoms with Gasteiger partial charge in [-0.15, -0.1) is 0 Å². The van der Waals surface area contributed by atoms with Gasteiger partial charge in [-0.05, 0) is 17.7 Å². The molecule has 0 aliphatic carbocycles. The molecule has 4 rings (SSSR count). The Kier molecular flexibility index (Phi) is 4.35. The molecule has 2 N–H and O–H groups in total. The summed E-state index contributed by atoms with van der Waals surface area (Å²) in [4.78, 5) is 19.7. The molecule has 2 aromatic heterocycles. The Morgan fingerprint density at radius 1 is 1.32 bits per heavy atom. The summed E-state index contributed by atoms with van der Waals surface area (Å²) in [6.07, 6.45) is 4.38. The van der Waals surface area contributed by atoms with Crippen molar-refractivity contribution in [2.45, 2.75) is 19.1 Å². The number of aromatic amines is 1. The summed E-state index contributed by atoms with van der Waals surface area (Å²) in [5.74, 6) is 0.359. The number of nitrogens with one attached hydrogen (secondary N) is 2. The number of pyridine rings is 1. The molecular weight excluding hydrogens is 318 g/mol. The van der Waals surface area contributed by atoms with Crippen molar-refractivity contribution in [3.05, 3.63) is 59.9 Å². The fourth-order valence-electron chi connectivity index (χ4n) is 2.92. The molecule has 0 spiro atoms. The highest BCUT2D eigenvalue weighted by molar-refractivity contribution is 5.94. The Labute approximate surface area is 145 Å². The highest BCUT2D eigenvalue weighted by Gasteiger charge is 2.18. The van der Waals surface area contributed by atoms with Crippen LogP contribution < -0.4 is 10.1 Å². The number of carbonyl (C=O) groups excluding carboxylic acids is 1. The summed E-state index contributed by atoms with van der Waals surface area (Å²) in [5, 5.41) is 4.04. The molecule has 25 heavy (non-hydrogen) atoms. The molecule has 0 saturated carbocycles. The van der Waals surface area contributed by atoms with Crippen molar-refractivity contribution in [2.24, 2.45) is 0 Å². The molecule has 1 saturated heterocycles. The van der Waals surface area contributed by atoms with Gasteiger partial charge >= 0.3 is 0 Å². The van der Waals surface area contributed by atoms with E-state index in [0.717, 1.165) is 29.5 Å². The Balaban J connectivity index is 1.37. The number of amides is 1. The molecule has 6 heteroatoms. The first kappa shape index (κ1) is 15.7. The van der Waals surface area contributed by atoms with E-state index in [-0.39, 0.29) is 12.0 Å². The van der Waals surface area contributed by atoms with E-state index in [1.807, 2.05) is 30.5 Å². The first-order chi connectivity index (χ1) is 12.3. The Morgan fingerprint density at radius 2 is 2.24 bits per heavy atom. The molecule has 1 amide bonds. The molecule has 1 atom stereocenters. The lowest BCUT2D eigenvalue weighted by Crippen LogP contribution is -2.23. The number of H-pyrrole nitrogens is 1. The Morgan fingerprint density at radius 3 is 3.04 bits per heavy atom. The number of benzene rings is 1. The zero-order chi connectivity index (χ0) is 17.1. The lowest BCUT2D eigenvalue weighted by Gasteiger charge is -2.11. The fraction of sp³-hybridized carbons (Fsp3) is 0.263. The quantitative estimate of drug-likeness (QED) is 0.750. The molecule has 1 fully saturated rings. The predicted molar refractivity (Wildman–Crippen MR) is 93.6 cm³/mol. The Hall–Kier alpha value is -2.86. The zero-order valence-corrected chi connectivity index (χ0v) is 13.7. The van der Waals surface area contributed by atoms with E-state index in [9.17, 15) is 4.79 Å². The topological polar surface area (TPSA) is 76.2 Å². The van der Waals surface area contributed by atoms with Crippen LogP contribution in [0.2, 0.25) is 0 Å². The van der Waals surface area contributed by atoms with Gasteiger partial charge in [0, 0.05) is 42.3 Å². The summed E-state index contributed by atoms with van der Waals surface area (Å²) in [6.45, 7) is 1.77. The van der Waals surface area contributed by atoms with Crippen molar-refractivity contribution in [3.63, 3.8) is 0 Å². The van der Waals surface area contributed by atoms with Gasteiger partial charge in [-0.1, -0.05) is 18.2 Å². The number of carbonyl (C=O) groups is 1. The maximum atomic E-state index is 12.3. The monoisotopic (exact) mass is 337 g/mol. The van der Waals surface area contributed by atoms with Gasteiger partial charge in [-0.2, -0.15) is 0 Å². The minimum atomic E-state index is -0.159. The van der Waals surface area contributed by atoms with E-state index in [1.165, 1.54) is 6.20 Å². The molecular formula is C19H19N3O3. The summed E-state index contributed by atoms with van der Waals surface area (Å²) in [6, 6.07) is 11.5. The molecule has 6 nitrogen and oxygen atoms in total. The third kappa shape index (κ3) is 3.49. The molecule has 1 aliphatic rings. The van der Waals surface area contributed by atoms with Crippen molar-refractivity contribution in [1.82, 2.24) is 15.3 Å². The van der Waals surface area contributed by atoms with E-state index in [4.69, 9.17) is 9.47 Å². The summed E-state index contributed by atoms with van der Waals surface area (Å²) in [7, 11) is 0. The predicted octanol–water partition coefficient (Wildman–Crippen LogP) is 2.66. The van der Waals surface area contributed by atoms with Crippen LogP contribution in [-0.4, -0.2) is 35.2 Å². The first-order valence-electron chi connectivity index (χ1n) is 8.33. The normalized spacial score (nSPS) is 16.9. The van der Waals surface area contributed by atoms with Gasteiger partial charge in [-0.25, -0.2) is 4.98 Å². The minimum absolute atomic E-state index is 0.0500. The molecule has 1 unspecified atom stereocenters. The van der Waals surface area contributed by atoms with E-state index in [1.54, 1.807) is 12.1 Å². The smallest absolute Gasteiger partial charge is 0.253 e. The van der Waals surface area contributed by atoms with Gasteiger partial charge in [0.15, 0.2) is 0 Å². The zero-order valence-electron chi connectivity index (χ0n) is 13.7. The number of fused-ring (bicyclic) bond motifs is 1. The highest BCUT2D eigenvalue weighted by atomic mass is 16.5. The van der Waals surface area contributed by atoms with Gasteiger partial charge in [0.05, 0.1) is 18.8 Å². The molecule has 0 radical (unpaired) electrons. The third-order valence-electron chi connectivity index (χ3n) is 4.29. The van der Waals surface area contributed by atoms with Crippen molar-refractivity contribution in [1.29, 1.82) is 0 Å². The third-order valence-corrected chi connectivity index (χ3v) is 4.29. The lowest BCUT2D eigenvalue weighted by atomic mass is 10.1. The van der Waals surface area contributed by atoms with Gasteiger partial charge in [-0.3, -0.25) is 4.79 Å². The van der Waals surface area contributed by atoms with Crippen LogP contribution >= 0.6 is 0 Å². The number of nitrogens with zero attached hydrogens (tertiary/aromatic N) is 1. The molecule has 1 aromatic carbocycles. The standard InChI is InChI=1S/C19H19N3O3/c23-19(22-11-14-10-20-17-4-2-1-3-16(14)17)13-5-6-18(21-9-13)25-15-7-8-24-12-15/h1-6,9-10,15,20H,7-8,11-12H2,(H,22,23). The molecule has 0 bridgehead atoms. The number of ether oxygens (including phenoxy) is 2. The second kappa shape index (κ2) is 6.94. The number of hydrogen-bond acceptors (Lipinski definition) is 4. The average Bonchev–Trinajstić information content (AvgIpc) is 3.30. The molecule has 1 aliphatic heterocycles.